The lowest BCUT2D eigenvalue weighted by atomic mass is 9.97. The van der Waals surface area contributed by atoms with E-state index in [4.69, 9.17) is 4.74 Å². The van der Waals surface area contributed by atoms with Crippen LogP contribution in [-0.2, 0) is 4.79 Å². The summed E-state index contributed by atoms with van der Waals surface area (Å²) in [5, 5.41) is 1.70. The summed E-state index contributed by atoms with van der Waals surface area (Å²) < 4.78 is 4.98. The minimum Gasteiger partial charge on any atom is -0.406 e. The van der Waals surface area contributed by atoms with Crippen LogP contribution in [0.5, 0.6) is 5.88 Å². The predicted molar refractivity (Wildman–Crippen MR) is 47.2 cm³/mol. The molecule has 0 radical (unpaired) electrons. The van der Waals surface area contributed by atoms with Gasteiger partial charge < -0.3 is 4.74 Å². The number of hydrogen-bond acceptors (Lipinski definition) is 4. The van der Waals surface area contributed by atoms with Gasteiger partial charge >= 0.3 is 5.97 Å². The summed E-state index contributed by atoms with van der Waals surface area (Å²) in [5.41, 5.74) is 1.16. The summed E-state index contributed by atoms with van der Waals surface area (Å²) >= 11 is 1.40. The van der Waals surface area contributed by atoms with Crippen LogP contribution in [0.25, 0.3) is 0 Å². The van der Waals surface area contributed by atoms with Crippen molar-refractivity contribution in [2.24, 2.45) is 5.41 Å². The van der Waals surface area contributed by atoms with E-state index in [-0.39, 0.29) is 5.97 Å². The Bertz CT molecular complexity index is 261. The largest absolute Gasteiger partial charge is 0.406 e. The van der Waals surface area contributed by atoms with E-state index in [1.807, 2.05) is 20.8 Å². The van der Waals surface area contributed by atoms with Crippen LogP contribution < -0.4 is 4.74 Å². The Morgan fingerprint density at radius 2 is 2.25 bits per heavy atom. The molecule has 0 spiro atoms. The zero-order valence-corrected chi connectivity index (χ0v) is 8.14. The van der Waals surface area contributed by atoms with E-state index in [1.165, 1.54) is 11.3 Å². The third kappa shape index (κ3) is 2.30. The zero-order chi connectivity index (χ0) is 9.19. The first-order valence-electron chi connectivity index (χ1n) is 3.60. The van der Waals surface area contributed by atoms with Gasteiger partial charge in [-0.3, -0.25) is 4.79 Å². The second-order valence-electron chi connectivity index (χ2n) is 3.47. The molecule has 1 heterocycles. The van der Waals surface area contributed by atoms with Gasteiger partial charge in [-0.05, 0) is 20.8 Å². The molecule has 12 heavy (non-hydrogen) atoms. The quantitative estimate of drug-likeness (QED) is 0.629. The maximum Gasteiger partial charge on any atom is 0.317 e. The van der Waals surface area contributed by atoms with Crippen molar-refractivity contribution < 1.29 is 9.53 Å². The highest BCUT2D eigenvalue weighted by atomic mass is 32.1. The fourth-order valence-corrected chi connectivity index (χ4v) is 0.951. The van der Waals surface area contributed by atoms with Crippen molar-refractivity contribution in [3.8, 4) is 5.88 Å². The summed E-state index contributed by atoms with van der Waals surface area (Å²) in [6, 6.07) is 0. The van der Waals surface area contributed by atoms with Crippen LogP contribution in [0.15, 0.2) is 10.9 Å². The second-order valence-corrected chi connectivity index (χ2v) is 4.18. The third-order valence-electron chi connectivity index (χ3n) is 1.22. The number of carbonyl (C=O) groups is 1. The Labute approximate surface area is 75.4 Å². The normalized spacial score (nSPS) is 11.2. The second kappa shape index (κ2) is 3.23. The molecule has 0 saturated heterocycles. The van der Waals surface area contributed by atoms with Crippen LogP contribution in [0.4, 0.5) is 0 Å². The molecule has 0 N–H and O–H groups in total. The number of nitrogens with zero attached hydrogens (tertiary/aromatic N) is 1. The van der Waals surface area contributed by atoms with E-state index < -0.39 is 5.41 Å². The molecular weight excluding hydrogens is 174 g/mol. The van der Waals surface area contributed by atoms with Crippen LogP contribution in [0.3, 0.4) is 0 Å². The van der Waals surface area contributed by atoms with E-state index in [0.717, 1.165) is 0 Å². The molecule has 0 atom stereocenters. The SMILES string of the molecule is CC(C)(C)C(=O)Oc1cscn1. The highest BCUT2D eigenvalue weighted by molar-refractivity contribution is 7.07. The van der Waals surface area contributed by atoms with Gasteiger partial charge in [-0.2, -0.15) is 0 Å². The van der Waals surface area contributed by atoms with Crippen molar-refractivity contribution in [2.75, 3.05) is 0 Å². The molecule has 0 amide bonds. The van der Waals surface area contributed by atoms with E-state index >= 15 is 0 Å². The van der Waals surface area contributed by atoms with Gasteiger partial charge in [0.05, 0.1) is 16.3 Å². The summed E-state index contributed by atoms with van der Waals surface area (Å²) in [4.78, 5) is 15.1. The molecule has 0 aromatic carbocycles. The van der Waals surface area contributed by atoms with Gasteiger partial charge in [-0.15, -0.1) is 11.3 Å². The maximum atomic E-state index is 11.3. The Hall–Kier alpha value is -0.900. The van der Waals surface area contributed by atoms with Crippen molar-refractivity contribution >= 4 is 17.3 Å². The standard InChI is InChI=1S/C8H11NO2S/c1-8(2,3)7(10)11-6-4-12-5-9-6/h4-5H,1-3H3. The molecular formula is C8H11NO2S. The van der Waals surface area contributed by atoms with E-state index in [2.05, 4.69) is 4.98 Å². The molecule has 0 saturated carbocycles. The molecule has 0 fully saturated rings. The first kappa shape index (κ1) is 9.19. The van der Waals surface area contributed by atoms with Gasteiger partial charge in [0.1, 0.15) is 0 Å². The zero-order valence-electron chi connectivity index (χ0n) is 7.33. The van der Waals surface area contributed by atoms with Crippen LogP contribution in [0.1, 0.15) is 20.8 Å². The van der Waals surface area contributed by atoms with Crippen LogP contribution >= 0.6 is 11.3 Å². The summed E-state index contributed by atoms with van der Waals surface area (Å²) in [6.07, 6.45) is 0. The minimum atomic E-state index is -0.469. The molecule has 1 aromatic rings. The lowest BCUT2D eigenvalue weighted by Gasteiger charge is -2.14. The smallest absolute Gasteiger partial charge is 0.317 e. The number of ether oxygens (including phenoxy) is 1. The van der Waals surface area contributed by atoms with Crippen molar-refractivity contribution in [3.63, 3.8) is 0 Å². The molecule has 4 heteroatoms. The van der Waals surface area contributed by atoms with E-state index in [9.17, 15) is 4.79 Å². The topological polar surface area (TPSA) is 39.2 Å². The lowest BCUT2D eigenvalue weighted by molar-refractivity contribution is -0.143. The molecule has 66 valence electrons. The number of thiazole rings is 1. The highest BCUT2D eigenvalue weighted by Gasteiger charge is 2.24. The number of hydrogen-bond donors (Lipinski definition) is 0. The first-order valence-corrected chi connectivity index (χ1v) is 4.55. The van der Waals surface area contributed by atoms with E-state index in [0.29, 0.717) is 5.88 Å². The minimum absolute atomic E-state index is 0.256. The fraction of sp³-hybridized carbons (Fsp3) is 0.500. The average molecular weight is 185 g/mol. The first-order chi connectivity index (χ1) is 5.50. The molecule has 1 aromatic heterocycles. The van der Waals surface area contributed by atoms with Gasteiger partial charge in [-0.25, -0.2) is 4.98 Å². The number of esters is 1. The van der Waals surface area contributed by atoms with Crippen LogP contribution in [0.2, 0.25) is 0 Å². The van der Waals surface area contributed by atoms with Crippen LogP contribution in [-0.4, -0.2) is 11.0 Å². The number of carbonyl (C=O) groups excluding carboxylic acids is 1. The molecule has 0 aliphatic heterocycles. The van der Waals surface area contributed by atoms with Crippen molar-refractivity contribution in [3.05, 3.63) is 10.9 Å². The Morgan fingerprint density at radius 1 is 1.58 bits per heavy atom. The van der Waals surface area contributed by atoms with Crippen molar-refractivity contribution in [2.45, 2.75) is 20.8 Å². The molecule has 3 nitrogen and oxygen atoms in total. The van der Waals surface area contributed by atoms with Crippen LogP contribution in [0, 0.1) is 5.41 Å². The Morgan fingerprint density at radius 3 is 2.67 bits per heavy atom. The van der Waals surface area contributed by atoms with Gasteiger partial charge in [-0.1, -0.05) is 0 Å². The maximum absolute atomic E-state index is 11.3. The third-order valence-corrected chi connectivity index (χ3v) is 1.78. The lowest BCUT2D eigenvalue weighted by Crippen LogP contribution is -2.25. The molecule has 0 aliphatic carbocycles. The van der Waals surface area contributed by atoms with Gasteiger partial charge in [0.15, 0.2) is 0 Å². The molecule has 1 rings (SSSR count). The molecule has 0 unspecified atom stereocenters. The Balaban J connectivity index is 2.60. The Kier molecular flexibility index (Phi) is 2.47. The summed E-state index contributed by atoms with van der Waals surface area (Å²) in [7, 11) is 0. The molecule has 0 bridgehead atoms. The average Bonchev–Trinajstić information content (AvgIpc) is 2.37. The predicted octanol–water partition coefficient (Wildman–Crippen LogP) is 2.09. The van der Waals surface area contributed by atoms with Gasteiger partial charge in [0.25, 0.3) is 0 Å². The monoisotopic (exact) mass is 185 g/mol. The summed E-state index contributed by atoms with van der Waals surface area (Å²) in [5.74, 6) is 0.133. The fourth-order valence-electron chi connectivity index (χ4n) is 0.500. The van der Waals surface area contributed by atoms with Gasteiger partial charge in [0.2, 0.25) is 5.88 Å². The summed E-state index contributed by atoms with van der Waals surface area (Å²) in [6.45, 7) is 5.42. The highest BCUT2D eigenvalue weighted by Crippen LogP contribution is 2.18. The molecule has 0 aliphatic rings. The van der Waals surface area contributed by atoms with Crippen molar-refractivity contribution in [1.82, 2.24) is 4.98 Å². The van der Waals surface area contributed by atoms with Crippen molar-refractivity contribution in [1.29, 1.82) is 0 Å². The van der Waals surface area contributed by atoms with E-state index in [1.54, 1.807) is 10.9 Å². The van der Waals surface area contributed by atoms with Gasteiger partial charge in [0, 0.05) is 0 Å². The number of rotatable bonds is 1. The number of aromatic nitrogens is 1.